The molecule has 0 spiro atoms. The molecule has 0 aromatic carbocycles. The van der Waals surface area contributed by atoms with Gasteiger partial charge in [-0.25, -0.2) is 9.97 Å². The number of aromatic nitrogens is 2. The van der Waals surface area contributed by atoms with Crippen LogP contribution in [0.4, 0.5) is 0 Å². The molecule has 3 rings (SSSR count). The molecule has 2 heterocycles. The van der Waals surface area contributed by atoms with Gasteiger partial charge in [0, 0.05) is 11.3 Å². The van der Waals surface area contributed by atoms with Crippen molar-refractivity contribution in [1.82, 2.24) is 9.97 Å². The van der Waals surface area contributed by atoms with Crippen molar-refractivity contribution in [3.63, 3.8) is 0 Å². The lowest BCUT2D eigenvalue weighted by molar-refractivity contribution is 0.558. The third kappa shape index (κ3) is 1.27. The molecule has 0 N–H and O–H groups in total. The quantitative estimate of drug-likeness (QED) is 0.734. The monoisotopic (exact) mass is 192 g/mol. The van der Waals surface area contributed by atoms with Gasteiger partial charge in [-0.1, -0.05) is 0 Å². The maximum absolute atomic E-state index is 4.91. The van der Waals surface area contributed by atoms with Gasteiger partial charge < -0.3 is 4.42 Å². The standard InChI is InChI=1S/C9H8N2OS/c1-2-6(1)9-11-8(4-13-9)7-3-12-5-10-7/h3-6H,1-2H2. The highest BCUT2D eigenvalue weighted by molar-refractivity contribution is 7.10. The molecule has 3 nitrogen and oxygen atoms in total. The second kappa shape index (κ2) is 2.67. The summed E-state index contributed by atoms with van der Waals surface area (Å²) in [6.07, 6.45) is 5.66. The molecule has 0 bridgehead atoms. The highest BCUT2D eigenvalue weighted by Crippen LogP contribution is 2.42. The molecule has 13 heavy (non-hydrogen) atoms. The Balaban J connectivity index is 1.97. The molecule has 0 unspecified atom stereocenters. The summed E-state index contributed by atoms with van der Waals surface area (Å²) in [6.45, 7) is 0. The Morgan fingerprint density at radius 2 is 2.31 bits per heavy atom. The van der Waals surface area contributed by atoms with Gasteiger partial charge in [0.2, 0.25) is 0 Å². The van der Waals surface area contributed by atoms with E-state index in [1.54, 1.807) is 17.6 Å². The minimum atomic E-state index is 0.727. The van der Waals surface area contributed by atoms with Crippen LogP contribution in [0.2, 0.25) is 0 Å². The van der Waals surface area contributed by atoms with Gasteiger partial charge >= 0.3 is 0 Å². The lowest BCUT2D eigenvalue weighted by atomic mass is 10.4. The molecule has 0 radical (unpaired) electrons. The molecule has 0 aliphatic heterocycles. The second-order valence-electron chi connectivity index (χ2n) is 3.22. The number of thiazole rings is 1. The first-order chi connectivity index (χ1) is 6.43. The molecule has 4 heteroatoms. The largest absolute Gasteiger partial charge is 0.451 e. The zero-order valence-electron chi connectivity index (χ0n) is 6.93. The Bertz CT molecular complexity index is 403. The summed E-state index contributed by atoms with van der Waals surface area (Å²) in [5, 5.41) is 3.30. The van der Waals surface area contributed by atoms with Crippen molar-refractivity contribution < 1.29 is 4.42 Å². The maximum atomic E-state index is 4.91. The van der Waals surface area contributed by atoms with E-state index in [1.165, 1.54) is 24.2 Å². The van der Waals surface area contributed by atoms with Crippen LogP contribution in [0.5, 0.6) is 0 Å². The molecular formula is C9H8N2OS. The smallest absolute Gasteiger partial charge is 0.181 e. The molecule has 0 amide bonds. The Hall–Kier alpha value is -1.16. The van der Waals surface area contributed by atoms with Crippen LogP contribution in [-0.4, -0.2) is 9.97 Å². The molecular weight excluding hydrogens is 184 g/mol. The highest BCUT2D eigenvalue weighted by Gasteiger charge is 2.26. The van der Waals surface area contributed by atoms with Crippen LogP contribution in [0.1, 0.15) is 23.8 Å². The van der Waals surface area contributed by atoms with Crippen LogP contribution in [0, 0.1) is 0 Å². The van der Waals surface area contributed by atoms with E-state index < -0.39 is 0 Å². The second-order valence-corrected chi connectivity index (χ2v) is 4.11. The van der Waals surface area contributed by atoms with Crippen molar-refractivity contribution in [2.24, 2.45) is 0 Å². The summed E-state index contributed by atoms with van der Waals surface area (Å²) in [7, 11) is 0. The first kappa shape index (κ1) is 7.26. The minimum Gasteiger partial charge on any atom is -0.451 e. The normalized spacial score (nSPS) is 16.3. The molecule has 1 saturated carbocycles. The molecule has 0 atom stereocenters. The van der Waals surface area contributed by atoms with E-state index >= 15 is 0 Å². The van der Waals surface area contributed by atoms with E-state index in [2.05, 4.69) is 9.97 Å². The molecule has 0 saturated heterocycles. The average molecular weight is 192 g/mol. The summed E-state index contributed by atoms with van der Waals surface area (Å²) >= 11 is 1.73. The Kier molecular flexibility index (Phi) is 1.49. The fourth-order valence-electron chi connectivity index (χ4n) is 1.26. The van der Waals surface area contributed by atoms with Crippen molar-refractivity contribution in [3.05, 3.63) is 23.0 Å². The Labute approximate surface area is 79.5 Å². The van der Waals surface area contributed by atoms with E-state index in [-0.39, 0.29) is 0 Å². The molecule has 2 aromatic rings. The lowest BCUT2D eigenvalue weighted by Crippen LogP contribution is -1.79. The Morgan fingerprint density at radius 1 is 1.38 bits per heavy atom. The van der Waals surface area contributed by atoms with Crippen molar-refractivity contribution in [1.29, 1.82) is 0 Å². The van der Waals surface area contributed by atoms with Crippen LogP contribution in [0.3, 0.4) is 0 Å². The van der Waals surface area contributed by atoms with E-state index in [4.69, 9.17) is 4.42 Å². The van der Waals surface area contributed by atoms with Crippen LogP contribution >= 0.6 is 11.3 Å². The summed E-state index contributed by atoms with van der Waals surface area (Å²) < 4.78 is 4.91. The zero-order chi connectivity index (χ0) is 8.67. The number of hydrogen-bond acceptors (Lipinski definition) is 4. The van der Waals surface area contributed by atoms with Crippen molar-refractivity contribution in [2.75, 3.05) is 0 Å². The number of rotatable bonds is 2. The third-order valence-corrected chi connectivity index (χ3v) is 3.15. The van der Waals surface area contributed by atoms with E-state index in [1.807, 2.05) is 5.38 Å². The van der Waals surface area contributed by atoms with Gasteiger partial charge in [0.25, 0.3) is 0 Å². The summed E-state index contributed by atoms with van der Waals surface area (Å²) in [6, 6.07) is 0. The minimum absolute atomic E-state index is 0.727. The fraction of sp³-hybridized carbons (Fsp3) is 0.333. The zero-order valence-corrected chi connectivity index (χ0v) is 7.75. The first-order valence-corrected chi connectivity index (χ1v) is 5.15. The topological polar surface area (TPSA) is 38.9 Å². The summed E-state index contributed by atoms with van der Waals surface area (Å²) in [5.41, 5.74) is 1.78. The highest BCUT2D eigenvalue weighted by atomic mass is 32.1. The summed E-state index contributed by atoms with van der Waals surface area (Å²) in [4.78, 5) is 8.57. The van der Waals surface area contributed by atoms with Crippen LogP contribution in [0.25, 0.3) is 11.4 Å². The van der Waals surface area contributed by atoms with E-state index in [0.29, 0.717) is 0 Å². The molecule has 2 aromatic heterocycles. The molecule has 66 valence electrons. The van der Waals surface area contributed by atoms with Gasteiger partial charge in [-0.15, -0.1) is 11.3 Å². The fourth-order valence-corrected chi connectivity index (χ4v) is 2.25. The van der Waals surface area contributed by atoms with Crippen LogP contribution in [0.15, 0.2) is 22.5 Å². The molecule has 1 aliphatic carbocycles. The van der Waals surface area contributed by atoms with Gasteiger partial charge in [-0.05, 0) is 12.8 Å². The van der Waals surface area contributed by atoms with Gasteiger partial charge in [-0.2, -0.15) is 0 Å². The Morgan fingerprint density at radius 3 is 3.00 bits per heavy atom. The van der Waals surface area contributed by atoms with Crippen LogP contribution in [-0.2, 0) is 0 Å². The maximum Gasteiger partial charge on any atom is 0.181 e. The lowest BCUT2D eigenvalue weighted by Gasteiger charge is -1.86. The third-order valence-electron chi connectivity index (χ3n) is 2.14. The van der Waals surface area contributed by atoms with Gasteiger partial charge in [0.15, 0.2) is 6.39 Å². The van der Waals surface area contributed by atoms with Gasteiger partial charge in [0.1, 0.15) is 17.7 Å². The molecule has 1 fully saturated rings. The number of hydrogen-bond donors (Lipinski definition) is 0. The van der Waals surface area contributed by atoms with Crippen molar-refractivity contribution in [2.45, 2.75) is 18.8 Å². The van der Waals surface area contributed by atoms with E-state index in [0.717, 1.165) is 17.3 Å². The van der Waals surface area contributed by atoms with Gasteiger partial charge in [-0.3, -0.25) is 0 Å². The molecule has 1 aliphatic rings. The number of nitrogens with zero attached hydrogens (tertiary/aromatic N) is 2. The predicted octanol–water partition coefficient (Wildman–Crippen LogP) is 2.68. The van der Waals surface area contributed by atoms with Gasteiger partial charge in [0.05, 0.1) is 5.01 Å². The SMILES string of the molecule is c1nc(-c2csc(C3CC3)n2)co1. The van der Waals surface area contributed by atoms with E-state index in [9.17, 15) is 0 Å². The number of oxazole rings is 1. The van der Waals surface area contributed by atoms with Crippen LogP contribution < -0.4 is 0 Å². The first-order valence-electron chi connectivity index (χ1n) is 4.27. The summed E-state index contributed by atoms with van der Waals surface area (Å²) in [5.74, 6) is 0.727. The van der Waals surface area contributed by atoms with Crippen molar-refractivity contribution >= 4 is 11.3 Å². The predicted molar refractivity (Wildman–Crippen MR) is 49.6 cm³/mol. The van der Waals surface area contributed by atoms with Crippen molar-refractivity contribution in [3.8, 4) is 11.4 Å². The average Bonchev–Trinajstić information content (AvgIpc) is 2.72.